The monoisotopic (exact) mass is 340 g/mol. The highest BCUT2D eigenvalue weighted by molar-refractivity contribution is 5.66. The highest BCUT2D eigenvalue weighted by Crippen LogP contribution is 2.11. The molecular weight excluding hydrogens is 304 g/mol. The van der Waals surface area contributed by atoms with Gasteiger partial charge in [0.2, 0.25) is 0 Å². The van der Waals surface area contributed by atoms with Crippen molar-refractivity contribution in [2.45, 2.75) is 96.5 Å². The quantitative estimate of drug-likeness (QED) is 0.234. The lowest BCUT2D eigenvalue weighted by atomic mass is 10.0. The van der Waals surface area contributed by atoms with Gasteiger partial charge in [-0.3, -0.25) is 4.79 Å². The van der Waals surface area contributed by atoms with Crippen molar-refractivity contribution in [2.24, 2.45) is 0 Å². The molecule has 0 aromatic rings. The molecule has 0 saturated carbocycles. The van der Waals surface area contributed by atoms with Gasteiger partial charge in [0.1, 0.15) is 0 Å². The molecular formula is C19H36N2O3. The molecule has 5 heteroatoms. The fourth-order valence-electron chi connectivity index (χ4n) is 2.79. The summed E-state index contributed by atoms with van der Waals surface area (Å²) in [4.78, 5) is 12.2. The lowest BCUT2D eigenvalue weighted by Gasteiger charge is -2.17. The van der Waals surface area contributed by atoms with Crippen LogP contribution in [0, 0.1) is 11.5 Å². The molecule has 0 radical (unpaired) electrons. The fourth-order valence-corrected chi connectivity index (χ4v) is 2.79. The van der Waals surface area contributed by atoms with E-state index in [0.717, 1.165) is 51.5 Å². The van der Waals surface area contributed by atoms with Crippen LogP contribution in [0.4, 0.5) is 0 Å². The maximum absolute atomic E-state index is 10.4. The molecule has 0 spiro atoms. The van der Waals surface area contributed by atoms with Crippen molar-refractivity contribution in [1.29, 1.82) is 5.26 Å². The number of nitriles is 1. The lowest BCUT2D eigenvalue weighted by Crippen LogP contribution is -2.21. The Bertz CT molecular complexity index is 342. The van der Waals surface area contributed by atoms with E-state index in [1.54, 1.807) is 4.90 Å². The summed E-state index contributed by atoms with van der Waals surface area (Å²) >= 11 is 0. The molecule has 0 aromatic carbocycles. The van der Waals surface area contributed by atoms with Gasteiger partial charge >= 0.3 is 5.97 Å². The topological polar surface area (TPSA) is 84.6 Å². The molecule has 0 aliphatic heterocycles. The van der Waals surface area contributed by atoms with Crippen molar-refractivity contribution in [3.8, 4) is 6.19 Å². The molecule has 5 nitrogen and oxygen atoms in total. The molecule has 0 saturated heterocycles. The predicted octanol–water partition coefficient (Wildman–Crippen LogP) is 4.31. The van der Waals surface area contributed by atoms with Gasteiger partial charge in [-0.1, -0.05) is 51.9 Å². The molecule has 24 heavy (non-hydrogen) atoms. The van der Waals surface area contributed by atoms with Crippen LogP contribution in [0.2, 0.25) is 0 Å². The number of hydrogen-bond acceptors (Lipinski definition) is 4. The number of hydrogen-bond donors (Lipinski definition) is 2. The average molecular weight is 341 g/mol. The minimum Gasteiger partial charge on any atom is -0.481 e. The molecule has 0 bridgehead atoms. The molecule has 0 aromatic heterocycles. The molecule has 1 unspecified atom stereocenters. The zero-order chi connectivity index (χ0) is 18.0. The highest BCUT2D eigenvalue weighted by Gasteiger charge is 2.07. The van der Waals surface area contributed by atoms with Crippen LogP contribution in [0.15, 0.2) is 0 Å². The van der Waals surface area contributed by atoms with Crippen LogP contribution in [0.3, 0.4) is 0 Å². The Kier molecular flexibility index (Phi) is 15.7. The van der Waals surface area contributed by atoms with Crippen molar-refractivity contribution < 1.29 is 15.0 Å². The first-order valence-corrected chi connectivity index (χ1v) is 9.64. The number of carboxylic acids is 1. The smallest absolute Gasteiger partial charge is 0.303 e. The van der Waals surface area contributed by atoms with E-state index in [-0.39, 0.29) is 12.5 Å². The molecule has 0 aliphatic carbocycles. The molecule has 140 valence electrons. The molecule has 0 aliphatic rings. The van der Waals surface area contributed by atoms with Gasteiger partial charge < -0.3 is 15.1 Å². The summed E-state index contributed by atoms with van der Waals surface area (Å²) in [6.07, 6.45) is 14.3. The number of aliphatic hydroxyl groups excluding tert-OH is 1. The average Bonchev–Trinajstić information content (AvgIpc) is 2.55. The standard InChI is InChI=1S/C19H36N2O3/c1-2-3-4-5-8-12-18(22)13-11-16-21(17-20)15-10-7-6-9-14-19(23)24/h18,22H,2-16H2,1H3,(H,23,24). The Balaban J connectivity index is 3.53. The first-order valence-electron chi connectivity index (χ1n) is 9.64. The second-order valence-corrected chi connectivity index (χ2v) is 6.64. The van der Waals surface area contributed by atoms with E-state index in [1.807, 2.05) is 0 Å². The van der Waals surface area contributed by atoms with Crippen molar-refractivity contribution in [1.82, 2.24) is 4.90 Å². The van der Waals surface area contributed by atoms with E-state index in [4.69, 9.17) is 10.4 Å². The van der Waals surface area contributed by atoms with Crippen molar-refractivity contribution >= 4 is 5.97 Å². The van der Waals surface area contributed by atoms with Gasteiger partial charge in [-0.05, 0) is 32.1 Å². The molecule has 0 amide bonds. The van der Waals surface area contributed by atoms with E-state index in [0.29, 0.717) is 13.0 Å². The van der Waals surface area contributed by atoms with Gasteiger partial charge in [-0.2, -0.15) is 5.26 Å². The Labute approximate surface area is 147 Å². The van der Waals surface area contributed by atoms with Crippen LogP contribution in [-0.2, 0) is 4.79 Å². The third kappa shape index (κ3) is 15.6. The van der Waals surface area contributed by atoms with E-state index in [1.165, 1.54) is 25.7 Å². The molecule has 2 N–H and O–H groups in total. The number of aliphatic carboxylic acids is 1. The van der Waals surface area contributed by atoms with Crippen LogP contribution in [-0.4, -0.2) is 40.3 Å². The zero-order valence-electron chi connectivity index (χ0n) is 15.4. The third-order valence-electron chi connectivity index (χ3n) is 4.32. The molecule has 0 rings (SSSR count). The van der Waals surface area contributed by atoms with E-state index >= 15 is 0 Å². The molecule has 1 atom stereocenters. The summed E-state index contributed by atoms with van der Waals surface area (Å²) < 4.78 is 0. The van der Waals surface area contributed by atoms with Crippen molar-refractivity contribution in [3.05, 3.63) is 0 Å². The number of rotatable bonds is 17. The minimum absolute atomic E-state index is 0.233. The number of aliphatic hydroxyl groups is 1. The van der Waals surface area contributed by atoms with Gasteiger partial charge in [0, 0.05) is 19.5 Å². The maximum Gasteiger partial charge on any atom is 0.303 e. The van der Waals surface area contributed by atoms with Gasteiger partial charge in [-0.15, -0.1) is 0 Å². The van der Waals surface area contributed by atoms with Gasteiger partial charge in [0.05, 0.1) is 6.10 Å². The molecule has 0 heterocycles. The Morgan fingerprint density at radius 2 is 1.54 bits per heavy atom. The van der Waals surface area contributed by atoms with Crippen LogP contribution >= 0.6 is 0 Å². The Hall–Kier alpha value is -1.28. The summed E-state index contributed by atoms with van der Waals surface area (Å²) in [5, 5.41) is 27.6. The number of nitrogens with zero attached hydrogens (tertiary/aromatic N) is 2. The van der Waals surface area contributed by atoms with Gasteiger partial charge in [0.15, 0.2) is 6.19 Å². The second kappa shape index (κ2) is 16.6. The Morgan fingerprint density at radius 3 is 2.21 bits per heavy atom. The van der Waals surface area contributed by atoms with Crippen LogP contribution < -0.4 is 0 Å². The first-order chi connectivity index (χ1) is 11.6. The van der Waals surface area contributed by atoms with Crippen LogP contribution in [0.25, 0.3) is 0 Å². The summed E-state index contributed by atoms with van der Waals surface area (Å²) in [6.45, 7) is 3.64. The van der Waals surface area contributed by atoms with Gasteiger partial charge in [-0.25, -0.2) is 0 Å². The van der Waals surface area contributed by atoms with E-state index in [2.05, 4.69) is 13.1 Å². The lowest BCUT2D eigenvalue weighted by molar-refractivity contribution is -0.137. The summed E-state index contributed by atoms with van der Waals surface area (Å²) in [7, 11) is 0. The summed E-state index contributed by atoms with van der Waals surface area (Å²) in [6, 6.07) is 0. The fraction of sp³-hybridized carbons (Fsp3) is 0.895. The van der Waals surface area contributed by atoms with Crippen molar-refractivity contribution in [2.75, 3.05) is 13.1 Å². The van der Waals surface area contributed by atoms with Crippen LogP contribution in [0.1, 0.15) is 90.4 Å². The van der Waals surface area contributed by atoms with Gasteiger partial charge in [0.25, 0.3) is 0 Å². The SMILES string of the molecule is CCCCCCCC(O)CCCN(C#N)CCCCCCC(=O)O. The summed E-state index contributed by atoms with van der Waals surface area (Å²) in [5.74, 6) is -0.738. The number of carboxylic acid groups (broad SMARTS) is 1. The second-order valence-electron chi connectivity index (χ2n) is 6.64. The number of carbonyl (C=O) groups is 1. The van der Waals surface area contributed by atoms with E-state index in [9.17, 15) is 9.90 Å². The van der Waals surface area contributed by atoms with Crippen molar-refractivity contribution in [3.63, 3.8) is 0 Å². The normalized spacial score (nSPS) is 11.9. The molecule has 0 fully saturated rings. The minimum atomic E-state index is -0.738. The highest BCUT2D eigenvalue weighted by atomic mass is 16.4. The largest absolute Gasteiger partial charge is 0.481 e. The van der Waals surface area contributed by atoms with E-state index < -0.39 is 5.97 Å². The summed E-state index contributed by atoms with van der Waals surface area (Å²) in [5.41, 5.74) is 0. The first kappa shape index (κ1) is 22.7. The van der Waals surface area contributed by atoms with Crippen LogP contribution in [0.5, 0.6) is 0 Å². The Morgan fingerprint density at radius 1 is 0.958 bits per heavy atom. The zero-order valence-corrected chi connectivity index (χ0v) is 15.4. The third-order valence-corrected chi connectivity index (χ3v) is 4.32. The number of unbranched alkanes of at least 4 members (excludes halogenated alkanes) is 7. The predicted molar refractivity (Wildman–Crippen MR) is 96.5 cm³/mol. The maximum atomic E-state index is 10.4.